The molecule has 30 heavy (non-hydrogen) atoms. The van der Waals surface area contributed by atoms with Crippen molar-refractivity contribution >= 4 is 10.9 Å². The SMILES string of the molecule is [Cl-].[NH3+]Cc1ccc(-c2nc3ccnc(-n4cnnc4)c3cc2-c2ccccc2)cc1. The summed E-state index contributed by atoms with van der Waals surface area (Å²) in [7, 11) is 0. The third kappa shape index (κ3) is 3.54. The van der Waals surface area contributed by atoms with Crippen LogP contribution in [0, 0.1) is 0 Å². The van der Waals surface area contributed by atoms with Gasteiger partial charge in [-0.3, -0.25) is 4.57 Å². The van der Waals surface area contributed by atoms with Crippen LogP contribution in [-0.4, -0.2) is 24.7 Å². The molecule has 0 unspecified atom stereocenters. The highest BCUT2D eigenvalue weighted by Crippen LogP contribution is 2.34. The van der Waals surface area contributed by atoms with Gasteiger partial charge >= 0.3 is 0 Å². The van der Waals surface area contributed by atoms with Gasteiger partial charge in [0.15, 0.2) is 0 Å². The minimum absolute atomic E-state index is 0. The van der Waals surface area contributed by atoms with Crippen LogP contribution in [0.1, 0.15) is 5.56 Å². The van der Waals surface area contributed by atoms with Crippen molar-refractivity contribution in [2.45, 2.75) is 6.54 Å². The normalized spacial score (nSPS) is 10.7. The summed E-state index contributed by atoms with van der Waals surface area (Å²) in [5, 5.41) is 8.78. The lowest BCUT2D eigenvalue weighted by Gasteiger charge is -2.13. The Bertz CT molecular complexity index is 1270. The Hall–Kier alpha value is -3.61. The molecule has 0 radical (unpaired) electrons. The predicted molar refractivity (Wildman–Crippen MR) is 112 cm³/mol. The van der Waals surface area contributed by atoms with Gasteiger partial charge in [-0.2, -0.15) is 0 Å². The Morgan fingerprint density at radius 3 is 2.27 bits per heavy atom. The lowest BCUT2D eigenvalue weighted by molar-refractivity contribution is -0.386. The highest BCUT2D eigenvalue weighted by Gasteiger charge is 2.14. The number of fused-ring (bicyclic) bond motifs is 1. The second-order valence-electron chi connectivity index (χ2n) is 6.77. The number of halogens is 1. The average Bonchev–Trinajstić information content (AvgIpc) is 3.33. The lowest BCUT2D eigenvalue weighted by atomic mass is 9.97. The largest absolute Gasteiger partial charge is 1.00 e. The van der Waals surface area contributed by atoms with E-state index in [1.807, 2.05) is 28.8 Å². The Morgan fingerprint density at radius 1 is 0.833 bits per heavy atom. The van der Waals surface area contributed by atoms with Crippen LogP contribution in [0.25, 0.3) is 39.1 Å². The maximum atomic E-state index is 5.04. The maximum absolute atomic E-state index is 5.04. The van der Waals surface area contributed by atoms with E-state index in [1.54, 1.807) is 18.9 Å². The Kier molecular flexibility index (Phi) is 5.52. The molecule has 3 N–H and O–H groups in total. The van der Waals surface area contributed by atoms with E-state index in [0.29, 0.717) is 0 Å². The molecule has 0 aliphatic heterocycles. The molecule has 3 aromatic heterocycles. The molecule has 0 saturated carbocycles. The number of pyridine rings is 2. The van der Waals surface area contributed by atoms with Crippen molar-refractivity contribution < 1.29 is 18.1 Å². The van der Waals surface area contributed by atoms with E-state index in [4.69, 9.17) is 4.98 Å². The van der Waals surface area contributed by atoms with Crippen molar-refractivity contribution in [2.75, 3.05) is 0 Å². The molecule has 3 heterocycles. The van der Waals surface area contributed by atoms with Gasteiger partial charge in [-0.15, -0.1) is 10.2 Å². The Balaban J connectivity index is 0.00000218. The first kappa shape index (κ1) is 19.7. The summed E-state index contributed by atoms with van der Waals surface area (Å²) in [5.41, 5.74) is 10.2. The number of quaternary nitrogens is 1. The molecule has 7 heteroatoms. The zero-order valence-electron chi connectivity index (χ0n) is 16.1. The molecular formula is C23H19ClN6. The number of hydrogen-bond acceptors (Lipinski definition) is 4. The summed E-state index contributed by atoms with van der Waals surface area (Å²) in [5.74, 6) is 0.760. The molecular weight excluding hydrogens is 396 g/mol. The van der Waals surface area contributed by atoms with Gasteiger partial charge in [0, 0.05) is 28.3 Å². The molecule has 0 atom stereocenters. The fraction of sp³-hybridized carbons (Fsp3) is 0.0435. The fourth-order valence-electron chi connectivity index (χ4n) is 3.48. The Morgan fingerprint density at radius 2 is 1.57 bits per heavy atom. The van der Waals surface area contributed by atoms with Gasteiger partial charge in [-0.05, 0) is 17.7 Å². The summed E-state index contributed by atoms with van der Waals surface area (Å²) in [6.45, 7) is 0.769. The first-order valence-corrected chi connectivity index (χ1v) is 9.42. The monoisotopic (exact) mass is 414 g/mol. The molecule has 0 amide bonds. The zero-order chi connectivity index (χ0) is 19.6. The molecule has 0 spiro atoms. The summed E-state index contributed by atoms with van der Waals surface area (Å²) >= 11 is 0. The second kappa shape index (κ2) is 8.41. The van der Waals surface area contributed by atoms with E-state index in [2.05, 4.69) is 63.4 Å². The number of nitrogens with zero attached hydrogens (tertiary/aromatic N) is 5. The minimum atomic E-state index is 0. The molecule has 0 aliphatic carbocycles. The third-order valence-corrected chi connectivity index (χ3v) is 4.99. The first-order chi connectivity index (χ1) is 14.3. The van der Waals surface area contributed by atoms with Crippen molar-refractivity contribution in [3.05, 3.63) is 91.1 Å². The van der Waals surface area contributed by atoms with Crippen LogP contribution >= 0.6 is 0 Å². The van der Waals surface area contributed by atoms with Crippen LogP contribution in [0.4, 0.5) is 0 Å². The van der Waals surface area contributed by atoms with E-state index >= 15 is 0 Å². The molecule has 0 saturated heterocycles. The van der Waals surface area contributed by atoms with Gasteiger partial charge < -0.3 is 18.1 Å². The Labute approximate surface area is 179 Å². The van der Waals surface area contributed by atoms with E-state index in [0.717, 1.165) is 45.6 Å². The van der Waals surface area contributed by atoms with Crippen LogP contribution in [0.15, 0.2) is 85.6 Å². The summed E-state index contributed by atoms with van der Waals surface area (Å²) < 4.78 is 1.81. The maximum Gasteiger partial charge on any atom is 0.148 e. The minimum Gasteiger partial charge on any atom is -1.00 e. The number of rotatable bonds is 4. The molecule has 0 aliphatic rings. The standard InChI is InChI=1S/C23H18N6.ClH/c24-13-16-6-8-18(9-7-16)22-19(17-4-2-1-3-5-17)12-20-21(28-22)10-11-25-23(20)29-14-26-27-15-29;/h1-12,14-15H,13,24H2;1H. The van der Waals surface area contributed by atoms with Crippen LogP contribution in [-0.2, 0) is 6.54 Å². The molecule has 5 rings (SSSR count). The van der Waals surface area contributed by atoms with Gasteiger partial charge in [0.1, 0.15) is 18.5 Å². The molecule has 6 nitrogen and oxygen atoms in total. The number of benzene rings is 2. The van der Waals surface area contributed by atoms with E-state index < -0.39 is 0 Å². The predicted octanol–water partition coefficient (Wildman–Crippen LogP) is 0.290. The van der Waals surface area contributed by atoms with E-state index in [-0.39, 0.29) is 12.4 Å². The highest BCUT2D eigenvalue weighted by molar-refractivity contribution is 5.94. The van der Waals surface area contributed by atoms with Crippen molar-refractivity contribution in [2.24, 2.45) is 0 Å². The number of hydrogen-bond donors (Lipinski definition) is 1. The first-order valence-electron chi connectivity index (χ1n) is 9.42. The fourth-order valence-corrected chi connectivity index (χ4v) is 3.48. The molecule has 2 aromatic carbocycles. The van der Waals surface area contributed by atoms with E-state index in [1.165, 1.54) is 5.56 Å². The molecule has 148 valence electrons. The van der Waals surface area contributed by atoms with Crippen LogP contribution in [0.5, 0.6) is 0 Å². The van der Waals surface area contributed by atoms with Crippen molar-refractivity contribution in [1.82, 2.24) is 24.7 Å². The van der Waals surface area contributed by atoms with Crippen LogP contribution < -0.4 is 18.1 Å². The smallest absolute Gasteiger partial charge is 0.148 e. The topological polar surface area (TPSA) is 84.1 Å². The second-order valence-corrected chi connectivity index (χ2v) is 6.77. The molecule has 5 aromatic rings. The molecule has 0 bridgehead atoms. The van der Waals surface area contributed by atoms with Crippen LogP contribution in [0.2, 0.25) is 0 Å². The van der Waals surface area contributed by atoms with Gasteiger partial charge in [-0.1, -0.05) is 54.6 Å². The highest BCUT2D eigenvalue weighted by atomic mass is 35.5. The van der Waals surface area contributed by atoms with Gasteiger partial charge in [0.05, 0.1) is 17.8 Å². The number of aromatic nitrogens is 5. The van der Waals surface area contributed by atoms with Crippen LogP contribution in [0.3, 0.4) is 0 Å². The quantitative estimate of drug-likeness (QED) is 0.458. The van der Waals surface area contributed by atoms with Gasteiger partial charge in [0.25, 0.3) is 0 Å². The third-order valence-electron chi connectivity index (χ3n) is 4.99. The summed E-state index contributed by atoms with van der Waals surface area (Å²) in [6.07, 6.45) is 5.06. The van der Waals surface area contributed by atoms with Crippen molar-refractivity contribution in [3.63, 3.8) is 0 Å². The lowest BCUT2D eigenvalue weighted by Crippen LogP contribution is -3.00. The van der Waals surface area contributed by atoms with E-state index in [9.17, 15) is 0 Å². The summed E-state index contributed by atoms with van der Waals surface area (Å²) in [6, 6.07) is 22.8. The van der Waals surface area contributed by atoms with Crippen molar-refractivity contribution in [3.8, 4) is 28.2 Å². The van der Waals surface area contributed by atoms with Crippen molar-refractivity contribution in [1.29, 1.82) is 0 Å². The average molecular weight is 415 g/mol. The zero-order valence-corrected chi connectivity index (χ0v) is 16.9. The summed E-state index contributed by atoms with van der Waals surface area (Å²) in [4.78, 5) is 9.58. The van der Waals surface area contributed by atoms with Gasteiger partial charge in [-0.25, -0.2) is 9.97 Å². The van der Waals surface area contributed by atoms with Gasteiger partial charge in [0.2, 0.25) is 0 Å². The molecule has 0 fully saturated rings.